The molecule has 0 unspecified atom stereocenters. The standard InChI is InChI=1S/C11H24N2O/c1-11(2,3)9-12-7-10-8-13(4)5-6-14-10/h10,12H,5-9H2,1-4H3/t10-/m1/s1. The second-order valence-corrected chi connectivity index (χ2v) is 5.45. The lowest BCUT2D eigenvalue weighted by molar-refractivity contribution is -0.0187. The maximum Gasteiger partial charge on any atom is 0.0826 e. The number of morpholine rings is 1. The Balaban J connectivity index is 2.12. The van der Waals surface area contributed by atoms with E-state index in [1.807, 2.05) is 0 Å². The van der Waals surface area contributed by atoms with Gasteiger partial charge in [-0.15, -0.1) is 0 Å². The second kappa shape index (κ2) is 5.10. The molecule has 0 bridgehead atoms. The van der Waals surface area contributed by atoms with Gasteiger partial charge in [0.15, 0.2) is 0 Å². The molecule has 1 rings (SSSR count). The lowest BCUT2D eigenvalue weighted by Crippen LogP contribution is -2.45. The van der Waals surface area contributed by atoms with Gasteiger partial charge in [-0.3, -0.25) is 0 Å². The summed E-state index contributed by atoms with van der Waals surface area (Å²) < 4.78 is 5.66. The highest BCUT2D eigenvalue weighted by molar-refractivity contribution is 4.73. The largest absolute Gasteiger partial charge is 0.374 e. The van der Waals surface area contributed by atoms with Crippen LogP contribution in [-0.4, -0.2) is 50.8 Å². The van der Waals surface area contributed by atoms with Crippen LogP contribution in [-0.2, 0) is 4.74 Å². The average molecular weight is 200 g/mol. The molecule has 0 spiro atoms. The summed E-state index contributed by atoms with van der Waals surface area (Å²) in [4.78, 5) is 2.33. The summed E-state index contributed by atoms with van der Waals surface area (Å²) in [7, 11) is 2.15. The molecular formula is C11H24N2O. The summed E-state index contributed by atoms with van der Waals surface area (Å²) in [6, 6.07) is 0. The molecule has 0 saturated carbocycles. The van der Waals surface area contributed by atoms with E-state index >= 15 is 0 Å². The molecule has 1 aliphatic heterocycles. The van der Waals surface area contributed by atoms with Gasteiger partial charge >= 0.3 is 0 Å². The summed E-state index contributed by atoms with van der Waals surface area (Å²) in [6.45, 7) is 11.7. The van der Waals surface area contributed by atoms with Gasteiger partial charge in [0.25, 0.3) is 0 Å². The smallest absolute Gasteiger partial charge is 0.0826 e. The molecule has 14 heavy (non-hydrogen) atoms. The predicted octanol–water partition coefficient (Wildman–Crippen LogP) is 0.953. The summed E-state index contributed by atoms with van der Waals surface area (Å²) >= 11 is 0. The lowest BCUT2D eigenvalue weighted by atomic mass is 9.97. The Hall–Kier alpha value is -0.120. The average Bonchev–Trinajstić information content (AvgIpc) is 2.01. The van der Waals surface area contributed by atoms with Gasteiger partial charge in [-0.2, -0.15) is 0 Å². The van der Waals surface area contributed by atoms with Gasteiger partial charge in [0.1, 0.15) is 0 Å². The van der Waals surface area contributed by atoms with Crippen molar-refractivity contribution in [1.29, 1.82) is 0 Å². The van der Waals surface area contributed by atoms with E-state index in [0.29, 0.717) is 11.5 Å². The molecule has 0 radical (unpaired) electrons. The fourth-order valence-corrected chi connectivity index (χ4v) is 1.60. The molecule has 1 saturated heterocycles. The van der Waals surface area contributed by atoms with Gasteiger partial charge in [0.2, 0.25) is 0 Å². The Morgan fingerprint density at radius 2 is 2.14 bits per heavy atom. The molecule has 0 aliphatic carbocycles. The zero-order valence-electron chi connectivity index (χ0n) is 9.97. The molecule has 1 fully saturated rings. The first-order valence-electron chi connectivity index (χ1n) is 5.48. The van der Waals surface area contributed by atoms with E-state index in [1.165, 1.54) is 0 Å². The number of ether oxygens (including phenoxy) is 1. The van der Waals surface area contributed by atoms with Crippen LogP contribution in [0.25, 0.3) is 0 Å². The minimum atomic E-state index is 0.362. The molecule has 1 heterocycles. The number of hydrogen-bond acceptors (Lipinski definition) is 3. The summed E-state index contributed by atoms with van der Waals surface area (Å²) in [6.07, 6.45) is 0.371. The molecule has 1 N–H and O–H groups in total. The van der Waals surface area contributed by atoms with Crippen LogP contribution in [0.1, 0.15) is 20.8 Å². The van der Waals surface area contributed by atoms with E-state index < -0.39 is 0 Å². The number of nitrogens with zero attached hydrogens (tertiary/aromatic N) is 1. The summed E-state index contributed by atoms with van der Waals surface area (Å²) in [5.41, 5.74) is 0.362. The Bertz CT molecular complexity index is 165. The fraction of sp³-hybridized carbons (Fsp3) is 1.00. The van der Waals surface area contributed by atoms with Crippen molar-refractivity contribution in [2.24, 2.45) is 5.41 Å². The maximum atomic E-state index is 5.66. The van der Waals surface area contributed by atoms with E-state index in [2.05, 4.69) is 38.0 Å². The highest BCUT2D eigenvalue weighted by atomic mass is 16.5. The quantitative estimate of drug-likeness (QED) is 0.734. The first-order valence-corrected chi connectivity index (χ1v) is 5.48. The van der Waals surface area contributed by atoms with Gasteiger partial charge in [0, 0.05) is 26.2 Å². The molecule has 3 nitrogen and oxygen atoms in total. The predicted molar refractivity (Wildman–Crippen MR) is 59.6 cm³/mol. The number of nitrogens with one attached hydrogen (secondary N) is 1. The van der Waals surface area contributed by atoms with Gasteiger partial charge in [0.05, 0.1) is 12.7 Å². The number of likely N-dealkylation sites (N-methyl/N-ethyl adjacent to an activating group) is 1. The maximum absolute atomic E-state index is 5.66. The van der Waals surface area contributed by atoms with Crippen LogP contribution in [0, 0.1) is 5.41 Å². The molecule has 1 aliphatic rings. The Morgan fingerprint density at radius 1 is 1.43 bits per heavy atom. The van der Waals surface area contributed by atoms with Crippen molar-refractivity contribution in [3.05, 3.63) is 0 Å². The van der Waals surface area contributed by atoms with E-state index in [9.17, 15) is 0 Å². The van der Waals surface area contributed by atoms with Gasteiger partial charge in [-0.25, -0.2) is 0 Å². The van der Waals surface area contributed by atoms with Crippen molar-refractivity contribution in [3.8, 4) is 0 Å². The Morgan fingerprint density at radius 3 is 2.71 bits per heavy atom. The van der Waals surface area contributed by atoms with Gasteiger partial charge < -0.3 is 15.0 Å². The first-order chi connectivity index (χ1) is 6.47. The third-order valence-corrected chi connectivity index (χ3v) is 2.37. The van der Waals surface area contributed by atoms with Crippen LogP contribution in [0.3, 0.4) is 0 Å². The second-order valence-electron chi connectivity index (χ2n) is 5.45. The van der Waals surface area contributed by atoms with Crippen LogP contribution >= 0.6 is 0 Å². The number of hydrogen-bond donors (Lipinski definition) is 1. The highest BCUT2D eigenvalue weighted by Gasteiger charge is 2.18. The minimum Gasteiger partial charge on any atom is -0.374 e. The van der Waals surface area contributed by atoms with Crippen molar-refractivity contribution < 1.29 is 4.74 Å². The molecular weight excluding hydrogens is 176 g/mol. The van der Waals surface area contributed by atoms with Crippen LogP contribution in [0.2, 0.25) is 0 Å². The van der Waals surface area contributed by atoms with Crippen molar-refractivity contribution in [3.63, 3.8) is 0 Å². The van der Waals surface area contributed by atoms with Gasteiger partial charge in [-0.1, -0.05) is 20.8 Å². The Labute approximate surface area is 87.8 Å². The van der Waals surface area contributed by atoms with Crippen molar-refractivity contribution in [2.45, 2.75) is 26.9 Å². The van der Waals surface area contributed by atoms with Crippen molar-refractivity contribution in [1.82, 2.24) is 10.2 Å². The zero-order valence-corrected chi connectivity index (χ0v) is 9.97. The summed E-state index contributed by atoms with van der Waals surface area (Å²) in [5.74, 6) is 0. The lowest BCUT2D eigenvalue weighted by Gasteiger charge is -2.31. The van der Waals surface area contributed by atoms with E-state index in [-0.39, 0.29) is 0 Å². The zero-order chi connectivity index (χ0) is 10.6. The molecule has 3 heteroatoms. The minimum absolute atomic E-state index is 0.362. The molecule has 0 aromatic heterocycles. The normalized spacial score (nSPS) is 25.3. The SMILES string of the molecule is CN1CCO[C@H](CNCC(C)(C)C)C1. The molecule has 84 valence electrons. The molecule has 0 aromatic carbocycles. The van der Waals surface area contributed by atoms with Gasteiger partial charge in [-0.05, 0) is 12.5 Å². The van der Waals surface area contributed by atoms with Crippen LogP contribution < -0.4 is 5.32 Å². The van der Waals surface area contributed by atoms with Crippen LogP contribution in [0.5, 0.6) is 0 Å². The molecule has 1 atom stereocenters. The third kappa shape index (κ3) is 4.94. The third-order valence-electron chi connectivity index (χ3n) is 2.37. The van der Waals surface area contributed by atoms with E-state index in [1.54, 1.807) is 0 Å². The topological polar surface area (TPSA) is 24.5 Å². The van der Waals surface area contributed by atoms with E-state index in [0.717, 1.165) is 32.8 Å². The first kappa shape index (κ1) is 12.0. The van der Waals surface area contributed by atoms with Crippen LogP contribution in [0.15, 0.2) is 0 Å². The number of rotatable bonds is 3. The monoisotopic (exact) mass is 200 g/mol. The molecule has 0 aromatic rings. The summed E-state index contributed by atoms with van der Waals surface area (Å²) in [5, 5.41) is 3.46. The molecule has 0 amide bonds. The van der Waals surface area contributed by atoms with Crippen molar-refractivity contribution >= 4 is 0 Å². The fourth-order valence-electron chi connectivity index (χ4n) is 1.60. The highest BCUT2D eigenvalue weighted by Crippen LogP contribution is 2.10. The van der Waals surface area contributed by atoms with Crippen molar-refractivity contribution in [2.75, 3.05) is 39.8 Å². The van der Waals surface area contributed by atoms with Crippen LogP contribution in [0.4, 0.5) is 0 Å². The Kier molecular flexibility index (Phi) is 4.35. The van der Waals surface area contributed by atoms with E-state index in [4.69, 9.17) is 4.74 Å².